The first-order chi connectivity index (χ1) is 59.6. The predicted octanol–water partition coefficient (Wildman–Crippen LogP) is 19.6. The summed E-state index contributed by atoms with van der Waals surface area (Å²) in [6.07, 6.45) is 22.7. The molecule has 648 valence electrons. The summed E-state index contributed by atoms with van der Waals surface area (Å²) < 4.78 is 44.4. The Morgan fingerprint density at radius 3 is 0.645 bits per heavy atom. The van der Waals surface area contributed by atoms with Gasteiger partial charge >= 0.3 is 17.9 Å². The van der Waals surface area contributed by atoms with Crippen molar-refractivity contribution in [2.45, 2.75) is 203 Å². The second-order valence-corrected chi connectivity index (χ2v) is 41.5. The van der Waals surface area contributed by atoms with E-state index >= 15 is 0 Å². The molecule has 8 aromatic carbocycles. The Morgan fingerprint density at radius 2 is 0.444 bits per heavy atom. The van der Waals surface area contributed by atoms with Crippen LogP contribution in [0.2, 0.25) is 0 Å². The van der Waals surface area contributed by atoms with E-state index in [4.69, 9.17) is 33.2 Å². The summed E-state index contributed by atoms with van der Waals surface area (Å²) in [6, 6.07) is 38.5. The first-order valence-electron chi connectivity index (χ1n) is 45.9. The minimum Gasteiger partial charge on any atom is -0.507 e. The third kappa shape index (κ3) is 14.2. The fourth-order valence-electron chi connectivity index (χ4n) is 28.7. The summed E-state index contributed by atoms with van der Waals surface area (Å²) in [5, 5.41) is 103. The van der Waals surface area contributed by atoms with Crippen molar-refractivity contribution in [2.75, 3.05) is 26.4 Å². The molecule has 19 nitrogen and oxygen atoms in total. The standard InChI is InChI=1S/C105H114O19/c1-102(66-25-54-21-55(27-66)28-67(102)26-54)49-74(106)50-118-75-13-5-62(6-14-75)98-79-41-81(89(109)45-87(79)107)99(63-7-15-76(16-8-63)119-51-95(115)122-103(2)68-29-56-22-57(31-68)32-69(103)30-56)83-43-85(93(113)47-91(83)111)101(65-11-19-78(20-12-65)121-53-97(117)124-105(4)72-37-60-24-61(39-72)40-73(105)38-60)86-44-84(92(112)48-94(86)114)100(82-42-80(98)88(108)46-90(82)110)64-9-17-77(18-10-64)120-52-96(116)123-104(3)70-33-58-23-59(35-70)36-71(104)34-58/h5-20,41-48,54-61,66-73,98-101,107-114H,21-40,49-53H2,1-4H3. The normalized spacial score (nSPS) is 34.3. The minimum atomic E-state index is -1.23. The predicted molar refractivity (Wildman–Crippen MR) is 460 cm³/mol. The number of carbonyl (C=O) groups excluding carboxylic acids is 4. The number of phenols is 8. The maximum atomic E-state index is 14.2. The number of benzene rings is 8. The summed E-state index contributed by atoms with van der Waals surface area (Å²) in [4.78, 5) is 56.1. The van der Waals surface area contributed by atoms with Gasteiger partial charge in [-0.15, -0.1) is 0 Å². The molecule has 8 aromatic rings. The minimum absolute atomic E-state index is 0.0161. The largest absolute Gasteiger partial charge is 0.507 e. The van der Waals surface area contributed by atoms with Gasteiger partial charge in [-0.1, -0.05) is 55.5 Å². The zero-order valence-electron chi connectivity index (χ0n) is 71.1. The SMILES string of the molecule is CC1(CC(=O)COc2ccc(C3c4cc(c(O)cc4O)C(c4ccc(OCC(=O)OC5(C)C6CC7CC(C6)CC5C7)cc4)c4cc(c(O)cc4O)C(c4ccc(OCC(=O)OC5(C)C6CC7CC(C6)CC5C7)cc4)c4cc(c(O)cc4O)C(c4ccc(OCC(=O)OC5(C)C6CC7CC(C6)CC5C7)cc4)c4cc3c(O)cc4O)cc2)C2CC3CC(C2)CC1C3. The van der Waals surface area contributed by atoms with E-state index in [-0.39, 0.29) is 94.0 Å². The number of ketones is 1. The van der Waals surface area contributed by atoms with E-state index in [1.807, 2.05) is 0 Å². The number of fused-ring (bicyclic) bond motifs is 8. The highest BCUT2D eigenvalue weighted by atomic mass is 16.6. The van der Waals surface area contributed by atoms with E-state index in [9.17, 15) is 60.0 Å². The molecular formula is C105H114O19. The summed E-state index contributed by atoms with van der Waals surface area (Å²) in [5.41, 5.74) is 0.794. The molecule has 0 radical (unpaired) electrons. The number of ether oxygens (including phenoxy) is 7. The van der Waals surface area contributed by atoms with Gasteiger partial charge in [-0.25, -0.2) is 14.4 Å². The van der Waals surface area contributed by atoms with Crippen molar-refractivity contribution in [3.05, 3.63) is 212 Å². The lowest BCUT2D eigenvalue weighted by Gasteiger charge is -2.60. The highest BCUT2D eigenvalue weighted by Gasteiger charge is 2.61. The Kier molecular flexibility index (Phi) is 19.9. The number of Topliss-reactive ketones (excluding diaryl/α,β-unsaturated/α-hetero) is 1. The van der Waals surface area contributed by atoms with Crippen molar-refractivity contribution < 1.29 is 93.2 Å². The maximum Gasteiger partial charge on any atom is 0.344 e. The van der Waals surface area contributed by atoms with Crippen LogP contribution < -0.4 is 18.9 Å². The highest BCUT2D eigenvalue weighted by Crippen LogP contribution is 2.66. The Bertz CT molecular complexity index is 4620. The van der Waals surface area contributed by atoms with Crippen molar-refractivity contribution in [1.29, 1.82) is 0 Å². The molecular weight excluding hydrogens is 1570 g/mol. The summed E-state index contributed by atoms with van der Waals surface area (Å²) >= 11 is 0. The number of carbonyl (C=O) groups is 4. The molecule has 8 N–H and O–H groups in total. The van der Waals surface area contributed by atoms with Crippen LogP contribution >= 0.6 is 0 Å². The molecule has 0 amide bonds. The lowest BCUT2D eigenvalue weighted by atomic mass is 9.45. The zero-order chi connectivity index (χ0) is 85.3. The van der Waals surface area contributed by atoms with E-state index in [0.29, 0.717) is 123 Å². The van der Waals surface area contributed by atoms with Crippen LogP contribution in [-0.2, 0) is 33.4 Å². The summed E-state index contributed by atoms with van der Waals surface area (Å²) in [5.74, 6) is -0.225. The molecule has 19 heteroatoms. The Labute approximate surface area is 723 Å². The molecule has 0 aliphatic heterocycles. The Balaban J connectivity index is 0.674. The molecule has 124 heavy (non-hydrogen) atoms. The molecule has 0 aromatic heterocycles. The van der Waals surface area contributed by atoms with Gasteiger partial charge in [0.1, 0.15) is 92.4 Å². The van der Waals surface area contributed by atoms with Crippen molar-refractivity contribution in [1.82, 2.24) is 0 Å². The van der Waals surface area contributed by atoms with Crippen LogP contribution in [-0.4, -0.2) is 108 Å². The van der Waals surface area contributed by atoms with Gasteiger partial charge in [-0.2, -0.15) is 0 Å². The number of esters is 3. The van der Waals surface area contributed by atoms with Crippen LogP contribution in [0.15, 0.2) is 146 Å². The fraction of sp³-hybridized carbons (Fsp3) is 0.505. The molecule has 24 bridgehead atoms. The van der Waals surface area contributed by atoms with Crippen LogP contribution in [0.5, 0.6) is 69.0 Å². The molecule has 16 saturated carbocycles. The molecule has 25 rings (SSSR count). The number of aromatic hydroxyl groups is 8. The maximum absolute atomic E-state index is 14.2. The van der Waals surface area contributed by atoms with Gasteiger partial charge in [0, 0.05) is 98.9 Å². The fourth-order valence-corrected chi connectivity index (χ4v) is 28.7. The monoisotopic (exact) mass is 1680 g/mol. The molecule has 2 atom stereocenters. The lowest BCUT2D eigenvalue weighted by Crippen LogP contribution is -2.58. The van der Waals surface area contributed by atoms with Crippen molar-refractivity contribution >= 4 is 23.7 Å². The quantitative estimate of drug-likeness (QED) is 0.0245. The van der Waals surface area contributed by atoms with Crippen molar-refractivity contribution in [3.8, 4) is 69.0 Å². The summed E-state index contributed by atoms with van der Waals surface area (Å²) in [7, 11) is 0. The Morgan fingerprint density at radius 1 is 0.258 bits per heavy atom. The van der Waals surface area contributed by atoms with Gasteiger partial charge in [-0.05, 0) is 344 Å². The van der Waals surface area contributed by atoms with E-state index in [0.717, 1.165) is 88.9 Å². The van der Waals surface area contributed by atoms with Crippen molar-refractivity contribution in [3.63, 3.8) is 0 Å². The highest BCUT2D eigenvalue weighted by molar-refractivity contribution is 5.81. The number of hydrogen-bond acceptors (Lipinski definition) is 19. The first-order valence-corrected chi connectivity index (χ1v) is 45.9. The average molecular weight is 1680 g/mol. The average Bonchev–Trinajstić information content (AvgIpc) is 0.744. The van der Waals surface area contributed by atoms with Gasteiger partial charge in [-0.3, -0.25) is 4.79 Å². The number of phenolic OH excluding ortho intramolecular Hbond substituents is 8. The van der Waals surface area contributed by atoms with Gasteiger partial charge in [0.05, 0.1) is 0 Å². The third-order valence-corrected chi connectivity index (χ3v) is 34.4. The van der Waals surface area contributed by atoms with E-state index < -0.39 is 104 Å². The third-order valence-electron chi connectivity index (χ3n) is 34.4. The van der Waals surface area contributed by atoms with Crippen molar-refractivity contribution in [2.24, 2.45) is 100 Å². The van der Waals surface area contributed by atoms with E-state index in [2.05, 4.69) is 27.7 Å². The number of hydrogen-bond donors (Lipinski definition) is 8. The molecule has 17 aliphatic rings. The summed E-state index contributed by atoms with van der Waals surface area (Å²) in [6.45, 7) is 7.29. The molecule has 0 heterocycles. The smallest absolute Gasteiger partial charge is 0.344 e. The topological polar surface area (TPSA) is 295 Å². The molecule has 16 fully saturated rings. The van der Waals surface area contributed by atoms with Crippen LogP contribution in [0.1, 0.15) is 253 Å². The zero-order valence-corrected chi connectivity index (χ0v) is 71.1. The van der Waals surface area contributed by atoms with Gasteiger partial charge in [0.2, 0.25) is 0 Å². The lowest BCUT2D eigenvalue weighted by molar-refractivity contribution is -0.205. The van der Waals surface area contributed by atoms with Crippen LogP contribution in [0.25, 0.3) is 0 Å². The molecule has 0 saturated heterocycles. The van der Waals surface area contributed by atoms with Crippen LogP contribution in [0.4, 0.5) is 0 Å². The molecule has 17 aliphatic carbocycles. The second kappa shape index (κ2) is 30.7. The van der Waals surface area contributed by atoms with Gasteiger partial charge in [0.15, 0.2) is 25.6 Å². The van der Waals surface area contributed by atoms with Gasteiger partial charge < -0.3 is 74.0 Å². The molecule has 2 unspecified atom stereocenters. The van der Waals surface area contributed by atoms with Crippen LogP contribution in [0.3, 0.4) is 0 Å². The number of rotatable bonds is 21. The van der Waals surface area contributed by atoms with Gasteiger partial charge in [0.25, 0.3) is 0 Å². The van der Waals surface area contributed by atoms with E-state index in [1.54, 1.807) is 121 Å². The Hall–Kier alpha value is -10.6. The molecule has 0 spiro atoms. The van der Waals surface area contributed by atoms with E-state index in [1.165, 1.54) is 75.6 Å². The first kappa shape index (κ1) is 80.5. The van der Waals surface area contributed by atoms with Crippen LogP contribution in [0, 0.1) is 100 Å². The second-order valence-electron chi connectivity index (χ2n) is 41.5.